The topological polar surface area (TPSA) is 51.5 Å². The Morgan fingerprint density at radius 2 is 2.13 bits per heavy atom. The van der Waals surface area contributed by atoms with Gasteiger partial charge in [-0.05, 0) is 42.1 Å². The summed E-state index contributed by atoms with van der Waals surface area (Å²) in [5.74, 6) is 1.49. The second-order valence-corrected chi connectivity index (χ2v) is 6.05. The van der Waals surface area contributed by atoms with Gasteiger partial charge in [-0.1, -0.05) is 18.2 Å². The number of thiophene rings is 1. The van der Waals surface area contributed by atoms with Crippen LogP contribution in [0.15, 0.2) is 58.5 Å². The molecule has 1 aromatic carbocycles. The van der Waals surface area contributed by atoms with Gasteiger partial charge < -0.3 is 14.5 Å². The second kappa shape index (κ2) is 7.15. The minimum atomic E-state index is -0.103. The van der Waals surface area contributed by atoms with Gasteiger partial charge in [0.2, 0.25) is 0 Å². The van der Waals surface area contributed by atoms with E-state index in [1.54, 1.807) is 12.3 Å². The van der Waals surface area contributed by atoms with Crippen molar-refractivity contribution in [1.29, 1.82) is 0 Å². The molecule has 2 aromatic heterocycles. The maximum absolute atomic E-state index is 12.1. The minimum absolute atomic E-state index is 0.103. The largest absolute Gasteiger partial charge is 0.489 e. The van der Waals surface area contributed by atoms with Crippen LogP contribution in [0, 0.1) is 6.92 Å². The van der Waals surface area contributed by atoms with Gasteiger partial charge in [-0.15, -0.1) is 11.3 Å². The Bertz CT molecular complexity index is 777. The summed E-state index contributed by atoms with van der Waals surface area (Å²) in [6, 6.07) is 13.4. The fraction of sp³-hybridized carbons (Fsp3) is 0.167. The van der Waals surface area contributed by atoms with E-state index in [4.69, 9.17) is 9.15 Å². The maximum Gasteiger partial charge on any atom is 0.261 e. The molecule has 0 radical (unpaired) electrons. The molecule has 0 bridgehead atoms. The highest BCUT2D eigenvalue weighted by Gasteiger charge is 2.10. The molecule has 3 rings (SSSR count). The molecule has 4 nitrogen and oxygen atoms in total. The number of para-hydroxylation sites is 1. The van der Waals surface area contributed by atoms with Crippen molar-refractivity contribution >= 4 is 17.2 Å². The van der Waals surface area contributed by atoms with Crippen molar-refractivity contribution in [3.8, 4) is 5.75 Å². The van der Waals surface area contributed by atoms with Gasteiger partial charge in [0, 0.05) is 5.56 Å². The van der Waals surface area contributed by atoms with E-state index in [9.17, 15) is 4.79 Å². The van der Waals surface area contributed by atoms with E-state index < -0.39 is 0 Å². The fourth-order valence-electron chi connectivity index (χ4n) is 2.12. The SMILES string of the molecule is Cc1ccccc1OCc1csc(C(=O)NCc2ccco2)c1. The van der Waals surface area contributed by atoms with E-state index in [0.717, 1.165) is 22.6 Å². The van der Waals surface area contributed by atoms with Gasteiger partial charge >= 0.3 is 0 Å². The van der Waals surface area contributed by atoms with Crippen LogP contribution >= 0.6 is 11.3 Å². The van der Waals surface area contributed by atoms with Gasteiger partial charge in [-0.25, -0.2) is 0 Å². The van der Waals surface area contributed by atoms with Gasteiger partial charge in [-0.2, -0.15) is 0 Å². The van der Waals surface area contributed by atoms with E-state index in [2.05, 4.69) is 5.32 Å². The van der Waals surface area contributed by atoms with Crippen LogP contribution in [0.25, 0.3) is 0 Å². The van der Waals surface area contributed by atoms with Crippen molar-refractivity contribution in [3.63, 3.8) is 0 Å². The minimum Gasteiger partial charge on any atom is -0.489 e. The summed E-state index contributed by atoms with van der Waals surface area (Å²) in [6.45, 7) is 2.85. The Labute approximate surface area is 138 Å². The third kappa shape index (κ3) is 4.02. The summed E-state index contributed by atoms with van der Waals surface area (Å²) >= 11 is 1.41. The van der Waals surface area contributed by atoms with Gasteiger partial charge in [-0.3, -0.25) is 4.79 Å². The molecule has 0 saturated heterocycles. The normalized spacial score (nSPS) is 10.5. The average Bonchev–Trinajstić information content (AvgIpc) is 3.23. The molecule has 2 heterocycles. The van der Waals surface area contributed by atoms with Crippen LogP contribution in [0.5, 0.6) is 5.75 Å². The molecule has 0 atom stereocenters. The van der Waals surface area contributed by atoms with Crippen LogP contribution in [-0.4, -0.2) is 5.91 Å². The van der Waals surface area contributed by atoms with E-state index in [-0.39, 0.29) is 5.91 Å². The Kier molecular flexibility index (Phi) is 4.78. The van der Waals surface area contributed by atoms with Crippen molar-refractivity contribution in [3.05, 3.63) is 75.9 Å². The van der Waals surface area contributed by atoms with Gasteiger partial charge in [0.25, 0.3) is 5.91 Å². The first-order chi connectivity index (χ1) is 11.2. The summed E-state index contributed by atoms with van der Waals surface area (Å²) in [5.41, 5.74) is 2.08. The summed E-state index contributed by atoms with van der Waals surface area (Å²) in [5, 5.41) is 4.78. The number of benzene rings is 1. The number of rotatable bonds is 6. The zero-order chi connectivity index (χ0) is 16.1. The molecule has 1 amide bonds. The first-order valence-corrected chi connectivity index (χ1v) is 8.17. The summed E-state index contributed by atoms with van der Waals surface area (Å²) in [6.07, 6.45) is 1.59. The molecular weight excluding hydrogens is 310 g/mol. The molecule has 0 unspecified atom stereocenters. The summed E-state index contributed by atoms with van der Waals surface area (Å²) < 4.78 is 11.0. The molecule has 0 spiro atoms. The quantitative estimate of drug-likeness (QED) is 0.739. The zero-order valence-electron chi connectivity index (χ0n) is 12.7. The molecule has 5 heteroatoms. The number of furan rings is 1. The number of carbonyl (C=O) groups is 1. The highest BCUT2D eigenvalue weighted by molar-refractivity contribution is 7.12. The predicted octanol–water partition coefficient (Wildman–Crippen LogP) is 4.16. The van der Waals surface area contributed by atoms with E-state index in [1.807, 2.05) is 48.7 Å². The highest BCUT2D eigenvalue weighted by atomic mass is 32.1. The lowest BCUT2D eigenvalue weighted by Gasteiger charge is -2.07. The molecule has 0 aliphatic carbocycles. The first kappa shape index (κ1) is 15.4. The van der Waals surface area contributed by atoms with Crippen LogP contribution < -0.4 is 10.1 Å². The number of hydrogen-bond acceptors (Lipinski definition) is 4. The lowest BCUT2D eigenvalue weighted by molar-refractivity contribution is 0.0952. The highest BCUT2D eigenvalue weighted by Crippen LogP contribution is 2.20. The van der Waals surface area contributed by atoms with Crippen molar-refractivity contribution in [2.45, 2.75) is 20.1 Å². The van der Waals surface area contributed by atoms with Crippen molar-refractivity contribution in [2.75, 3.05) is 0 Å². The summed E-state index contributed by atoms with van der Waals surface area (Å²) in [7, 11) is 0. The molecule has 118 valence electrons. The Morgan fingerprint density at radius 1 is 1.26 bits per heavy atom. The molecule has 0 fully saturated rings. The van der Waals surface area contributed by atoms with E-state index in [0.29, 0.717) is 18.0 Å². The van der Waals surface area contributed by atoms with Crippen molar-refractivity contribution < 1.29 is 13.9 Å². The van der Waals surface area contributed by atoms with E-state index in [1.165, 1.54) is 11.3 Å². The lowest BCUT2D eigenvalue weighted by atomic mass is 10.2. The zero-order valence-corrected chi connectivity index (χ0v) is 13.6. The standard InChI is InChI=1S/C18H17NO3S/c1-13-5-2-3-7-16(13)22-11-14-9-17(23-12-14)18(20)19-10-15-6-4-8-21-15/h2-9,12H,10-11H2,1H3,(H,19,20). The molecule has 0 aliphatic rings. The first-order valence-electron chi connectivity index (χ1n) is 7.29. The van der Waals surface area contributed by atoms with E-state index >= 15 is 0 Å². The number of nitrogens with one attached hydrogen (secondary N) is 1. The molecule has 0 saturated carbocycles. The lowest BCUT2D eigenvalue weighted by Crippen LogP contribution is -2.21. The van der Waals surface area contributed by atoms with Crippen LogP contribution in [-0.2, 0) is 13.2 Å². The molecule has 23 heavy (non-hydrogen) atoms. The van der Waals surface area contributed by atoms with Crippen LogP contribution in [0.4, 0.5) is 0 Å². The third-order valence-corrected chi connectivity index (χ3v) is 4.35. The van der Waals surface area contributed by atoms with Crippen LogP contribution in [0.1, 0.15) is 26.6 Å². The van der Waals surface area contributed by atoms with Crippen LogP contribution in [0.2, 0.25) is 0 Å². The maximum atomic E-state index is 12.1. The Hall–Kier alpha value is -2.53. The van der Waals surface area contributed by atoms with Gasteiger partial charge in [0.05, 0.1) is 17.7 Å². The Morgan fingerprint density at radius 3 is 2.91 bits per heavy atom. The number of hydrogen-bond donors (Lipinski definition) is 1. The Balaban J connectivity index is 1.55. The predicted molar refractivity (Wildman–Crippen MR) is 89.7 cm³/mol. The summed E-state index contributed by atoms with van der Waals surface area (Å²) in [4.78, 5) is 12.8. The molecule has 0 aliphatic heterocycles. The number of carbonyl (C=O) groups excluding carboxylic acids is 1. The van der Waals surface area contributed by atoms with Crippen molar-refractivity contribution in [2.24, 2.45) is 0 Å². The second-order valence-electron chi connectivity index (χ2n) is 5.14. The van der Waals surface area contributed by atoms with Crippen molar-refractivity contribution in [1.82, 2.24) is 5.32 Å². The van der Waals surface area contributed by atoms with Gasteiger partial charge in [0.1, 0.15) is 18.1 Å². The monoisotopic (exact) mass is 327 g/mol. The smallest absolute Gasteiger partial charge is 0.261 e. The third-order valence-electron chi connectivity index (χ3n) is 3.37. The molecule has 3 aromatic rings. The fourth-order valence-corrected chi connectivity index (χ4v) is 2.93. The number of ether oxygens (including phenoxy) is 1. The van der Waals surface area contributed by atoms with Gasteiger partial charge in [0.15, 0.2) is 0 Å². The molecular formula is C18H17NO3S. The number of amides is 1. The average molecular weight is 327 g/mol. The number of aryl methyl sites for hydroxylation is 1. The molecule has 1 N–H and O–H groups in total. The van der Waals surface area contributed by atoms with Crippen LogP contribution in [0.3, 0.4) is 0 Å².